The van der Waals surface area contributed by atoms with Gasteiger partial charge in [0.1, 0.15) is 11.6 Å². The summed E-state index contributed by atoms with van der Waals surface area (Å²) in [6.07, 6.45) is 0.0471. The van der Waals surface area contributed by atoms with Gasteiger partial charge in [-0.25, -0.2) is 4.39 Å². The van der Waals surface area contributed by atoms with Crippen molar-refractivity contribution in [1.29, 1.82) is 0 Å². The molecule has 2 aromatic carbocycles. The molecule has 28 heavy (non-hydrogen) atoms. The van der Waals surface area contributed by atoms with Crippen molar-refractivity contribution < 1.29 is 23.5 Å². The van der Waals surface area contributed by atoms with E-state index in [-0.39, 0.29) is 24.4 Å². The van der Waals surface area contributed by atoms with E-state index in [1.807, 2.05) is 6.92 Å². The van der Waals surface area contributed by atoms with Gasteiger partial charge < -0.3 is 9.64 Å². The van der Waals surface area contributed by atoms with Gasteiger partial charge in [0.2, 0.25) is 11.8 Å². The van der Waals surface area contributed by atoms with E-state index in [0.717, 1.165) is 12.1 Å². The number of carbonyl (C=O) groups excluding carboxylic acids is 3. The molecule has 1 fully saturated rings. The van der Waals surface area contributed by atoms with Gasteiger partial charge in [0.15, 0.2) is 0 Å². The van der Waals surface area contributed by atoms with Crippen LogP contribution < -0.4 is 20.5 Å². The Balaban J connectivity index is 1.56. The maximum atomic E-state index is 12.9. The summed E-state index contributed by atoms with van der Waals surface area (Å²) >= 11 is 0. The molecule has 146 valence electrons. The molecular formula is C20H20FN3O4. The lowest BCUT2D eigenvalue weighted by Gasteiger charge is -2.17. The molecule has 3 rings (SSSR count). The summed E-state index contributed by atoms with van der Waals surface area (Å²) in [6.45, 7) is 2.65. The zero-order chi connectivity index (χ0) is 20.1. The van der Waals surface area contributed by atoms with Gasteiger partial charge in [-0.15, -0.1) is 0 Å². The summed E-state index contributed by atoms with van der Waals surface area (Å²) in [5, 5.41) is 0. The molecule has 2 aromatic rings. The van der Waals surface area contributed by atoms with Crippen molar-refractivity contribution >= 4 is 23.4 Å². The van der Waals surface area contributed by atoms with Crippen LogP contribution in [-0.2, 0) is 9.59 Å². The number of hydrazine groups is 1. The number of hydrogen-bond donors (Lipinski definition) is 2. The Hall–Kier alpha value is -3.42. The third kappa shape index (κ3) is 4.46. The number of halogens is 1. The van der Waals surface area contributed by atoms with E-state index in [4.69, 9.17) is 4.74 Å². The van der Waals surface area contributed by atoms with E-state index < -0.39 is 23.5 Å². The number of hydrogen-bond acceptors (Lipinski definition) is 4. The minimum atomic E-state index is -0.590. The van der Waals surface area contributed by atoms with E-state index in [1.54, 1.807) is 24.3 Å². The smallest absolute Gasteiger partial charge is 0.269 e. The summed E-state index contributed by atoms with van der Waals surface area (Å²) in [4.78, 5) is 38.1. The maximum Gasteiger partial charge on any atom is 0.269 e. The number of rotatable bonds is 5. The van der Waals surface area contributed by atoms with E-state index in [0.29, 0.717) is 18.0 Å². The Morgan fingerprint density at radius 2 is 1.79 bits per heavy atom. The summed E-state index contributed by atoms with van der Waals surface area (Å²) in [5.41, 5.74) is 5.49. The average Bonchev–Trinajstić information content (AvgIpc) is 3.09. The van der Waals surface area contributed by atoms with Crippen LogP contribution in [0.25, 0.3) is 0 Å². The fourth-order valence-electron chi connectivity index (χ4n) is 2.92. The first-order valence-corrected chi connectivity index (χ1v) is 8.87. The highest BCUT2D eigenvalue weighted by Crippen LogP contribution is 2.26. The Morgan fingerprint density at radius 3 is 2.43 bits per heavy atom. The molecule has 1 atom stereocenters. The highest BCUT2D eigenvalue weighted by Gasteiger charge is 2.35. The van der Waals surface area contributed by atoms with Gasteiger partial charge >= 0.3 is 0 Å². The van der Waals surface area contributed by atoms with Crippen LogP contribution in [0.5, 0.6) is 5.75 Å². The zero-order valence-electron chi connectivity index (χ0n) is 15.3. The van der Waals surface area contributed by atoms with Gasteiger partial charge in [0, 0.05) is 24.2 Å². The van der Waals surface area contributed by atoms with Gasteiger partial charge in [-0.1, -0.05) is 0 Å². The average molecular weight is 385 g/mol. The predicted octanol–water partition coefficient (Wildman–Crippen LogP) is 2.04. The monoisotopic (exact) mass is 385 g/mol. The van der Waals surface area contributed by atoms with E-state index >= 15 is 0 Å². The molecule has 1 aliphatic heterocycles. The Labute approximate surface area is 161 Å². The number of nitrogens with one attached hydrogen (secondary N) is 2. The fourth-order valence-corrected chi connectivity index (χ4v) is 2.92. The van der Waals surface area contributed by atoms with Gasteiger partial charge in [-0.3, -0.25) is 25.2 Å². The van der Waals surface area contributed by atoms with Crippen LogP contribution in [0.15, 0.2) is 48.5 Å². The summed E-state index contributed by atoms with van der Waals surface area (Å²) in [5.74, 6) is -1.55. The van der Waals surface area contributed by atoms with Crippen LogP contribution in [0.2, 0.25) is 0 Å². The molecular weight excluding hydrogens is 365 g/mol. The molecule has 1 aliphatic rings. The first-order valence-electron chi connectivity index (χ1n) is 8.87. The number of nitrogens with zero attached hydrogens (tertiary/aromatic N) is 1. The van der Waals surface area contributed by atoms with Crippen LogP contribution >= 0.6 is 0 Å². The Kier molecular flexibility index (Phi) is 5.88. The topological polar surface area (TPSA) is 87.7 Å². The van der Waals surface area contributed by atoms with Gasteiger partial charge in [-0.05, 0) is 55.5 Å². The summed E-state index contributed by atoms with van der Waals surface area (Å²) in [7, 11) is 0. The Morgan fingerprint density at radius 1 is 1.11 bits per heavy atom. The number of ether oxygens (including phenoxy) is 1. The second kappa shape index (κ2) is 8.51. The molecule has 0 unspecified atom stereocenters. The highest BCUT2D eigenvalue weighted by molar-refractivity contribution is 6.01. The molecule has 2 N–H and O–H groups in total. The van der Waals surface area contributed by atoms with Crippen molar-refractivity contribution in [2.24, 2.45) is 5.92 Å². The van der Waals surface area contributed by atoms with Crippen molar-refractivity contribution in [3.63, 3.8) is 0 Å². The van der Waals surface area contributed by atoms with E-state index in [9.17, 15) is 18.8 Å². The minimum absolute atomic E-state index is 0.0471. The molecule has 1 heterocycles. The van der Waals surface area contributed by atoms with Crippen molar-refractivity contribution in [3.05, 3.63) is 59.9 Å². The molecule has 0 saturated carbocycles. The lowest BCUT2D eigenvalue weighted by atomic mass is 10.1. The molecule has 0 radical (unpaired) electrons. The van der Waals surface area contributed by atoms with Gasteiger partial charge in [0.25, 0.3) is 5.91 Å². The van der Waals surface area contributed by atoms with Crippen LogP contribution in [0.4, 0.5) is 10.1 Å². The first-order chi connectivity index (χ1) is 13.5. The van der Waals surface area contributed by atoms with Crippen molar-refractivity contribution in [3.8, 4) is 5.75 Å². The second-order valence-electron chi connectivity index (χ2n) is 6.28. The normalized spacial score (nSPS) is 16.0. The lowest BCUT2D eigenvalue weighted by Crippen LogP contribution is -2.45. The highest BCUT2D eigenvalue weighted by atomic mass is 19.1. The van der Waals surface area contributed by atoms with Crippen LogP contribution in [0.1, 0.15) is 23.7 Å². The molecule has 0 aliphatic carbocycles. The number of anilines is 1. The number of benzene rings is 2. The molecule has 7 nitrogen and oxygen atoms in total. The first kappa shape index (κ1) is 19.3. The fraction of sp³-hybridized carbons (Fsp3) is 0.250. The van der Waals surface area contributed by atoms with Crippen LogP contribution in [-0.4, -0.2) is 30.9 Å². The maximum absolute atomic E-state index is 12.9. The molecule has 0 aromatic heterocycles. The third-order valence-corrected chi connectivity index (χ3v) is 4.36. The second-order valence-corrected chi connectivity index (χ2v) is 6.28. The van der Waals surface area contributed by atoms with Crippen molar-refractivity contribution in [2.45, 2.75) is 13.3 Å². The molecule has 3 amide bonds. The SMILES string of the molecule is CCOc1ccc(N2C[C@@H](C(=O)NNC(=O)c3ccc(F)cc3)CC2=O)cc1. The largest absolute Gasteiger partial charge is 0.494 e. The van der Waals surface area contributed by atoms with Gasteiger partial charge in [0.05, 0.1) is 12.5 Å². The third-order valence-electron chi connectivity index (χ3n) is 4.36. The predicted molar refractivity (Wildman–Crippen MR) is 100 cm³/mol. The van der Waals surface area contributed by atoms with Crippen LogP contribution in [0.3, 0.4) is 0 Å². The molecule has 8 heteroatoms. The Bertz CT molecular complexity index is 868. The van der Waals surface area contributed by atoms with Crippen molar-refractivity contribution in [2.75, 3.05) is 18.1 Å². The van der Waals surface area contributed by atoms with E-state index in [1.165, 1.54) is 17.0 Å². The van der Waals surface area contributed by atoms with Crippen molar-refractivity contribution in [1.82, 2.24) is 10.9 Å². The quantitative estimate of drug-likeness (QED) is 0.771. The summed E-state index contributed by atoms with van der Waals surface area (Å²) in [6, 6.07) is 12.0. The lowest BCUT2D eigenvalue weighted by molar-refractivity contribution is -0.126. The molecule has 0 bridgehead atoms. The van der Waals surface area contributed by atoms with Gasteiger partial charge in [-0.2, -0.15) is 0 Å². The molecule has 0 spiro atoms. The van der Waals surface area contributed by atoms with E-state index in [2.05, 4.69) is 10.9 Å². The standard InChI is InChI=1S/C20H20FN3O4/c1-2-28-17-9-7-16(8-10-17)24-12-14(11-18(24)25)20(27)23-22-19(26)13-3-5-15(21)6-4-13/h3-10,14H,2,11-12H2,1H3,(H,22,26)(H,23,27)/t14-/m0/s1. The zero-order valence-corrected chi connectivity index (χ0v) is 15.3. The molecule has 1 saturated heterocycles. The number of carbonyl (C=O) groups is 3. The summed E-state index contributed by atoms with van der Waals surface area (Å²) < 4.78 is 18.3. The minimum Gasteiger partial charge on any atom is -0.494 e. The van der Waals surface area contributed by atoms with Crippen LogP contribution in [0, 0.1) is 11.7 Å². The number of amides is 3.